The van der Waals surface area contributed by atoms with Gasteiger partial charge in [0, 0.05) is 25.0 Å². The molecule has 0 bridgehead atoms. The van der Waals surface area contributed by atoms with E-state index in [-0.39, 0.29) is 11.4 Å². The fourth-order valence-electron chi connectivity index (χ4n) is 2.83. The third-order valence-electron chi connectivity index (χ3n) is 4.45. The Balaban J connectivity index is 1.91. The summed E-state index contributed by atoms with van der Waals surface area (Å²) >= 11 is 0. The second kappa shape index (κ2) is 7.52. The smallest absolute Gasteiger partial charge is 0.317 e. The molecule has 4 nitrogen and oxygen atoms in total. The van der Waals surface area contributed by atoms with E-state index in [1.54, 1.807) is 7.11 Å². The molecule has 0 radical (unpaired) electrons. The second-order valence-corrected chi connectivity index (χ2v) is 6.67. The summed E-state index contributed by atoms with van der Waals surface area (Å²) in [5.74, 6) is 0.855. The Labute approximate surface area is 133 Å². The van der Waals surface area contributed by atoms with Crippen molar-refractivity contribution >= 4 is 6.03 Å². The van der Waals surface area contributed by atoms with E-state index in [0.717, 1.165) is 31.7 Å². The molecule has 122 valence electrons. The van der Waals surface area contributed by atoms with Gasteiger partial charge in [-0.2, -0.15) is 0 Å². The van der Waals surface area contributed by atoms with Gasteiger partial charge in [-0.05, 0) is 30.5 Å². The predicted molar refractivity (Wildman–Crippen MR) is 89.5 cm³/mol. The van der Waals surface area contributed by atoms with E-state index in [0.29, 0.717) is 6.54 Å². The third kappa shape index (κ3) is 4.39. The molecule has 0 aliphatic carbocycles. The van der Waals surface area contributed by atoms with Crippen molar-refractivity contribution in [2.75, 3.05) is 26.7 Å². The highest BCUT2D eigenvalue weighted by atomic mass is 16.5. The zero-order valence-electron chi connectivity index (χ0n) is 14.0. The Morgan fingerprint density at radius 2 is 1.73 bits per heavy atom. The standard InChI is InChI=1S/C18H28N2O2/c1-18(2,15-8-10-16(22-3)11-9-15)14-19-17(21)20-12-6-4-5-7-13-20/h8-11H,4-7,12-14H2,1-3H3,(H,19,21). The van der Waals surface area contributed by atoms with E-state index in [4.69, 9.17) is 4.74 Å². The number of rotatable bonds is 4. The Kier molecular flexibility index (Phi) is 5.69. The van der Waals surface area contributed by atoms with Crippen LogP contribution in [0.5, 0.6) is 5.75 Å². The van der Waals surface area contributed by atoms with E-state index in [2.05, 4.69) is 31.3 Å². The summed E-state index contributed by atoms with van der Waals surface area (Å²) in [5.41, 5.74) is 1.10. The normalized spacial score (nSPS) is 16.0. The van der Waals surface area contributed by atoms with Gasteiger partial charge in [0.25, 0.3) is 0 Å². The Morgan fingerprint density at radius 1 is 1.14 bits per heavy atom. The molecule has 0 aromatic heterocycles. The number of nitrogens with zero attached hydrogens (tertiary/aromatic N) is 1. The first-order valence-corrected chi connectivity index (χ1v) is 8.20. The van der Waals surface area contributed by atoms with Gasteiger partial charge >= 0.3 is 6.03 Å². The van der Waals surface area contributed by atoms with Crippen molar-refractivity contribution in [2.45, 2.75) is 44.9 Å². The minimum atomic E-state index is -0.103. The third-order valence-corrected chi connectivity index (χ3v) is 4.45. The maximum absolute atomic E-state index is 12.3. The van der Waals surface area contributed by atoms with Crippen LogP contribution in [0.2, 0.25) is 0 Å². The molecule has 1 aliphatic rings. The number of likely N-dealkylation sites (tertiary alicyclic amines) is 1. The van der Waals surface area contributed by atoms with E-state index in [1.807, 2.05) is 17.0 Å². The average Bonchev–Trinajstić information content (AvgIpc) is 2.82. The monoisotopic (exact) mass is 304 g/mol. The summed E-state index contributed by atoms with van der Waals surface area (Å²) in [5, 5.41) is 3.10. The van der Waals surface area contributed by atoms with Gasteiger partial charge in [-0.15, -0.1) is 0 Å². The molecule has 1 heterocycles. The number of hydrogen-bond donors (Lipinski definition) is 1. The van der Waals surface area contributed by atoms with Gasteiger partial charge in [0.15, 0.2) is 0 Å². The van der Waals surface area contributed by atoms with Crippen LogP contribution in [-0.4, -0.2) is 37.7 Å². The summed E-state index contributed by atoms with van der Waals surface area (Å²) in [6.45, 7) is 6.70. The molecule has 4 heteroatoms. The molecule has 0 unspecified atom stereocenters. The zero-order chi connectivity index (χ0) is 16.0. The largest absolute Gasteiger partial charge is 0.497 e. The number of ether oxygens (including phenoxy) is 1. The number of nitrogens with one attached hydrogen (secondary N) is 1. The van der Waals surface area contributed by atoms with Crippen LogP contribution < -0.4 is 10.1 Å². The number of carbonyl (C=O) groups excluding carboxylic acids is 1. The van der Waals surface area contributed by atoms with Crippen molar-refractivity contribution in [1.82, 2.24) is 10.2 Å². The van der Waals surface area contributed by atoms with Crippen LogP contribution in [-0.2, 0) is 5.41 Å². The van der Waals surface area contributed by atoms with Crippen LogP contribution >= 0.6 is 0 Å². The average molecular weight is 304 g/mol. The van der Waals surface area contributed by atoms with E-state index >= 15 is 0 Å². The summed E-state index contributed by atoms with van der Waals surface area (Å²) in [7, 11) is 1.67. The maximum atomic E-state index is 12.3. The van der Waals surface area contributed by atoms with Crippen LogP contribution in [0.15, 0.2) is 24.3 Å². The molecule has 1 aliphatic heterocycles. The first-order chi connectivity index (χ1) is 10.5. The van der Waals surface area contributed by atoms with Crippen molar-refractivity contribution in [3.05, 3.63) is 29.8 Å². The van der Waals surface area contributed by atoms with E-state index in [9.17, 15) is 4.79 Å². The van der Waals surface area contributed by atoms with Crippen LogP contribution in [0.25, 0.3) is 0 Å². The summed E-state index contributed by atoms with van der Waals surface area (Å²) in [4.78, 5) is 14.3. The van der Waals surface area contributed by atoms with E-state index < -0.39 is 0 Å². The highest BCUT2D eigenvalue weighted by molar-refractivity contribution is 5.74. The van der Waals surface area contributed by atoms with Crippen molar-refractivity contribution in [3.8, 4) is 5.75 Å². The van der Waals surface area contributed by atoms with Crippen molar-refractivity contribution in [1.29, 1.82) is 0 Å². The Bertz CT molecular complexity index is 474. The highest BCUT2D eigenvalue weighted by Crippen LogP contribution is 2.24. The summed E-state index contributed by atoms with van der Waals surface area (Å²) < 4.78 is 5.19. The maximum Gasteiger partial charge on any atom is 0.317 e. The molecule has 0 atom stereocenters. The zero-order valence-corrected chi connectivity index (χ0v) is 14.0. The molecule has 1 saturated heterocycles. The molecule has 1 fully saturated rings. The van der Waals surface area contributed by atoms with Gasteiger partial charge in [-0.25, -0.2) is 4.79 Å². The second-order valence-electron chi connectivity index (χ2n) is 6.67. The van der Waals surface area contributed by atoms with Gasteiger partial charge in [-0.3, -0.25) is 0 Å². The number of amides is 2. The topological polar surface area (TPSA) is 41.6 Å². The lowest BCUT2D eigenvalue weighted by Crippen LogP contribution is -2.45. The molecule has 0 spiro atoms. The lowest BCUT2D eigenvalue weighted by Gasteiger charge is -2.28. The van der Waals surface area contributed by atoms with Crippen molar-refractivity contribution in [3.63, 3.8) is 0 Å². The molecule has 0 saturated carbocycles. The number of carbonyl (C=O) groups is 1. The van der Waals surface area contributed by atoms with Crippen LogP contribution in [0, 0.1) is 0 Å². The Morgan fingerprint density at radius 3 is 2.27 bits per heavy atom. The molecule has 2 amide bonds. The number of methoxy groups -OCH3 is 1. The SMILES string of the molecule is COc1ccc(C(C)(C)CNC(=O)N2CCCCCC2)cc1. The van der Waals surface area contributed by atoms with Gasteiger partial charge in [-0.1, -0.05) is 38.8 Å². The number of benzene rings is 1. The fourth-order valence-corrected chi connectivity index (χ4v) is 2.83. The number of hydrogen-bond acceptors (Lipinski definition) is 2. The van der Waals surface area contributed by atoms with Crippen LogP contribution in [0.4, 0.5) is 4.79 Å². The molecule has 1 aromatic rings. The molecule has 1 N–H and O–H groups in total. The summed E-state index contributed by atoms with van der Waals surface area (Å²) in [6.07, 6.45) is 4.72. The van der Waals surface area contributed by atoms with Gasteiger partial charge in [0.05, 0.1) is 7.11 Å². The molecule has 1 aromatic carbocycles. The first kappa shape index (κ1) is 16.7. The van der Waals surface area contributed by atoms with Crippen LogP contribution in [0.1, 0.15) is 45.1 Å². The minimum Gasteiger partial charge on any atom is -0.497 e. The summed E-state index contributed by atoms with van der Waals surface area (Å²) in [6, 6.07) is 8.14. The van der Waals surface area contributed by atoms with E-state index in [1.165, 1.54) is 18.4 Å². The van der Waals surface area contributed by atoms with Crippen molar-refractivity contribution < 1.29 is 9.53 Å². The quantitative estimate of drug-likeness (QED) is 0.924. The van der Waals surface area contributed by atoms with Gasteiger partial charge in [0.2, 0.25) is 0 Å². The van der Waals surface area contributed by atoms with Gasteiger partial charge < -0.3 is 15.0 Å². The predicted octanol–water partition coefficient (Wildman–Crippen LogP) is 3.56. The molecule has 2 rings (SSSR count). The lowest BCUT2D eigenvalue weighted by molar-refractivity contribution is 0.197. The van der Waals surface area contributed by atoms with Crippen molar-refractivity contribution in [2.24, 2.45) is 0 Å². The fraction of sp³-hybridized carbons (Fsp3) is 0.611. The van der Waals surface area contributed by atoms with Gasteiger partial charge in [0.1, 0.15) is 5.75 Å². The first-order valence-electron chi connectivity index (χ1n) is 8.20. The number of urea groups is 1. The highest BCUT2D eigenvalue weighted by Gasteiger charge is 2.23. The Hall–Kier alpha value is -1.71. The molecular weight excluding hydrogens is 276 g/mol. The minimum absolute atomic E-state index is 0.0727. The molecular formula is C18H28N2O2. The lowest BCUT2D eigenvalue weighted by atomic mass is 9.84. The molecule has 22 heavy (non-hydrogen) atoms. The van der Waals surface area contributed by atoms with Crippen LogP contribution in [0.3, 0.4) is 0 Å².